The molecule has 1 aromatic heterocycles. The van der Waals surface area contributed by atoms with Crippen molar-refractivity contribution in [2.24, 2.45) is 5.41 Å². The Morgan fingerprint density at radius 2 is 1.65 bits per heavy atom. The molecule has 34 heavy (non-hydrogen) atoms. The second-order valence-corrected chi connectivity index (χ2v) is 12.7. The molecule has 0 amide bonds. The SMILES string of the molecule is CC(C)c1ccc(C2OC3(CCCC3)c3c4c(nc(C5CCCC5)c32)CC(C)(C)CC4O)cc1. The van der Waals surface area contributed by atoms with Gasteiger partial charge in [-0.1, -0.05) is 77.6 Å². The van der Waals surface area contributed by atoms with Crippen molar-refractivity contribution in [3.63, 3.8) is 0 Å². The van der Waals surface area contributed by atoms with Crippen LogP contribution in [-0.4, -0.2) is 10.1 Å². The summed E-state index contributed by atoms with van der Waals surface area (Å²) < 4.78 is 7.18. The van der Waals surface area contributed by atoms with E-state index < -0.39 is 6.10 Å². The van der Waals surface area contributed by atoms with Gasteiger partial charge in [-0.25, -0.2) is 0 Å². The van der Waals surface area contributed by atoms with Crippen LogP contribution in [0, 0.1) is 5.41 Å². The third-order valence-electron chi connectivity index (χ3n) is 9.23. The van der Waals surface area contributed by atoms with E-state index in [2.05, 4.69) is 52.0 Å². The molecule has 0 bridgehead atoms. The molecule has 1 aromatic carbocycles. The van der Waals surface area contributed by atoms with Gasteiger partial charge in [0.05, 0.1) is 17.4 Å². The molecule has 182 valence electrons. The van der Waals surface area contributed by atoms with Crippen LogP contribution in [0.2, 0.25) is 0 Å². The van der Waals surface area contributed by atoms with Gasteiger partial charge in [0, 0.05) is 22.7 Å². The van der Waals surface area contributed by atoms with Gasteiger partial charge in [0.15, 0.2) is 0 Å². The average molecular weight is 460 g/mol. The predicted molar refractivity (Wildman–Crippen MR) is 136 cm³/mol. The lowest BCUT2D eigenvalue weighted by atomic mass is 9.70. The minimum atomic E-state index is -0.444. The number of fused-ring (bicyclic) bond motifs is 4. The van der Waals surface area contributed by atoms with Gasteiger partial charge in [-0.2, -0.15) is 0 Å². The van der Waals surface area contributed by atoms with Crippen LogP contribution in [-0.2, 0) is 16.8 Å². The van der Waals surface area contributed by atoms with Gasteiger partial charge >= 0.3 is 0 Å². The van der Waals surface area contributed by atoms with Gasteiger partial charge in [-0.15, -0.1) is 0 Å². The number of hydrogen-bond donors (Lipinski definition) is 1. The standard InChI is InChI=1S/C31H41NO2/c1-19(2)20-11-13-22(14-12-20)29-26-27(31(34-29)15-7-8-16-31)25-23(17-30(3,4)18-24(25)33)32-28(26)21-9-5-6-10-21/h11-14,19,21,24,29,33H,5-10,15-18H2,1-4H3. The Bertz CT molecular complexity index is 1070. The maximum Gasteiger partial charge on any atom is 0.111 e. The van der Waals surface area contributed by atoms with Crippen molar-refractivity contribution in [2.75, 3.05) is 0 Å². The summed E-state index contributed by atoms with van der Waals surface area (Å²) in [6, 6.07) is 9.13. The second kappa shape index (κ2) is 8.17. The highest BCUT2D eigenvalue weighted by Crippen LogP contribution is 2.60. The Hall–Kier alpha value is -1.71. The van der Waals surface area contributed by atoms with Gasteiger partial charge in [0.1, 0.15) is 6.10 Å². The molecule has 3 heteroatoms. The highest BCUT2D eigenvalue weighted by molar-refractivity contribution is 5.54. The summed E-state index contributed by atoms with van der Waals surface area (Å²) in [7, 11) is 0. The Balaban J connectivity index is 1.58. The van der Waals surface area contributed by atoms with Crippen LogP contribution in [0.5, 0.6) is 0 Å². The fourth-order valence-electron chi connectivity index (χ4n) is 7.54. The molecule has 0 radical (unpaired) electrons. The number of hydrogen-bond acceptors (Lipinski definition) is 3. The summed E-state index contributed by atoms with van der Waals surface area (Å²) in [5.41, 5.74) is 8.75. The predicted octanol–water partition coefficient (Wildman–Crippen LogP) is 7.76. The zero-order chi connectivity index (χ0) is 23.7. The summed E-state index contributed by atoms with van der Waals surface area (Å²) >= 11 is 0. The van der Waals surface area contributed by atoms with E-state index in [0.29, 0.717) is 11.8 Å². The molecule has 1 spiro atoms. The van der Waals surface area contributed by atoms with Gasteiger partial charge in [-0.05, 0) is 66.5 Å². The highest BCUT2D eigenvalue weighted by atomic mass is 16.5. The van der Waals surface area contributed by atoms with Gasteiger partial charge in [0.2, 0.25) is 0 Å². The number of benzene rings is 1. The number of ether oxygens (including phenoxy) is 1. The van der Waals surface area contributed by atoms with Crippen molar-refractivity contribution in [1.29, 1.82) is 0 Å². The summed E-state index contributed by atoms with van der Waals surface area (Å²) in [6.07, 6.45) is 10.9. The summed E-state index contributed by atoms with van der Waals surface area (Å²) in [4.78, 5) is 5.45. The zero-order valence-electron chi connectivity index (χ0n) is 21.5. The first-order valence-corrected chi connectivity index (χ1v) is 13.8. The smallest absolute Gasteiger partial charge is 0.111 e. The molecule has 2 fully saturated rings. The monoisotopic (exact) mass is 459 g/mol. The number of pyridine rings is 1. The summed E-state index contributed by atoms with van der Waals surface area (Å²) in [6.45, 7) is 9.07. The minimum Gasteiger partial charge on any atom is -0.388 e. The average Bonchev–Trinajstić information content (AvgIpc) is 3.54. The van der Waals surface area contributed by atoms with E-state index in [4.69, 9.17) is 9.72 Å². The number of rotatable bonds is 3. The molecule has 2 heterocycles. The molecule has 2 aromatic rings. The molecule has 3 nitrogen and oxygen atoms in total. The van der Waals surface area contributed by atoms with E-state index in [1.165, 1.54) is 66.5 Å². The molecule has 0 saturated heterocycles. The molecule has 4 aliphatic rings. The third-order valence-corrected chi connectivity index (χ3v) is 9.23. The van der Waals surface area contributed by atoms with Crippen LogP contribution in [0.4, 0.5) is 0 Å². The largest absolute Gasteiger partial charge is 0.388 e. The van der Waals surface area contributed by atoms with E-state index in [1.54, 1.807) is 0 Å². The lowest BCUT2D eigenvalue weighted by Gasteiger charge is -2.38. The van der Waals surface area contributed by atoms with Gasteiger partial charge in [-0.3, -0.25) is 4.98 Å². The number of aromatic nitrogens is 1. The van der Waals surface area contributed by atoms with Crippen molar-refractivity contribution in [3.8, 4) is 0 Å². The van der Waals surface area contributed by atoms with Crippen LogP contribution in [0.3, 0.4) is 0 Å². The number of nitrogens with zero attached hydrogens (tertiary/aromatic N) is 1. The maximum absolute atomic E-state index is 11.5. The second-order valence-electron chi connectivity index (χ2n) is 12.7. The quantitative estimate of drug-likeness (QED) is 0.510. The van der Waals surface area contributed by atoms with Crippen molar-refractivity contribution in [3.05, 3.63) is 63.5 Å². The summed E-state index contributed by atoms with van der Waals surface area (Å²) in [5, 5.41) is 11.5. The van der Waals surface area contributed by atoms with Crippen LogP contribution < -0.4 is 0 Å². The Morgan fingerprint density at radius 1 is 0.971 bits per heavy atom. The Labute approximate surface area is 205 Å². The molecule has 2 atom stereocenters. The highest BCUT2D eigenvalue weighted by Gasteiger charge is 2.53. The maximum atomic E-state index is 11.5. The van der Waals surface area contributed by atoms with E-state index in [-0.39, 0.29) is 17.1 Å². The van der Waals surface area contributed by atoms with E-state index in [9.17, 15) is 5.11 Å². The van der Waals surface area contributed by atoms with Crippen molar-refractivity contribution in [2.45, 2.75) is 122 Å². The van der Waals surface area contributed by atoms with Gasteiger partial charge in [0.25, 0.3) is 0 Å². The van der Waals surface area contributed by atoms with Gasteiger partial charge < -0.3 is 9.84 Å². The van der Waals surface area contributed by atoms with Crippen LogP contribution in [0.1, 0.15) is 149 Å². The first kappa shape index (κ1) is 22.7. The van der Waals surface area contributed by atoms with E-state index >= 15 is 0 Å². The van der Waals surface area contributed by atoms with Crippen molar-refractivity contribution < 1.29 is 9.84 Å². The van der Waals surface area contributed by atoms with Crippen LogP contribution in [0.15, 0.2) is 24.3 Å². The van der Waals surface area contributed by atoms with Crippen LogP contribution >= 0.6 is 0 Å². The first-order valence-electron chi connectivity index (χ1n) is 13.8. The molecule has 1 aliphatic heterocycles. The fourth-order valence-corrected chi connectivity index (χ4v) is 7.54. The molecule has 1 N–H and O–H groups in total. The molecular weight excluding hydrogens is 418 g/mol. The van der Waals surface area contributed by atoms with Crippen molar-refractivity contribution >= 4 is 0 Å². The van der Waals surface area contributed by atoms with Crippen LogP contribution in [0.25, 0.3) is 0 Å². The third kappa shape index (κ3) is 3.57. The Morgan fingerprint density at radius 3 is 2.29 bits per heavy atom. The topological polar surface area (TPSA) is 42.4 Å². The lowest BCUT2D eigenvalue weighted by molar-refractivity contribution is -0.0580. The molecule has 6 rings (SSSR count). The molecular formula is C31H41NO2. The normalized spacial score (nSPS) is 27.5. The van der Waals surface area contributed by atoms with Crippen molar-refractivity contribution in [1.82, 2.24) is 4.98 Å². The fraction of sp³-hybridized carbons (Fsp3) is 0.645. The van der Waals surface area contributed by atoms with E-state index in [1.807, 2.05) is 0 Å². The molecule has 2 saturated carbocycles. The zero-order valence-corrected chi connectivity index (χ0v) is 21.5. The summed E-state index contributed by atoms with van der Waals surface area (Å²) in [5.74, 6) is 1.05. The lowest BCUT2D eigenvalue weighted by Crippen LogP contribution is -2.32. The number of aliphatic hydroxyl groups is 1. The minimum absolute atomic E-state index is 0.0650. The first-order chi connectivity index (χ1) is 16.3. The number of aliphatic hydroxyl groups excluding tert-OH is 1. The molecule has 2 unspecified atom stereocenters. The molecule has 3 aliphatic carbocycles. The Kier molecular flexibility index (Phi) is 5.46. The van der Waals surface area contributed by atoms with E-state index in [0.717, 1.165) is 36.9 Å².